The summed E-state index contributed by atoms with van der Waals surface area (Å²) in [6.45, 7) is 0.488. The standard InChI is InChI=1S/C14H16FNO3S2/c15-10-1-3-11(4-2-10)21-7-5-13(17)16-6-8-20-9-12(16)14(18)19/h1-4,12H,5-9H2,(H,18,19). The van der Waals surface area contributed by atoms with Gasteiger partial charge in [0.05, 0.1) is 0 Å². The van der Waals surface area contributed by atoms with Gasteiger partial charge in [0.2, 0.25) is 5.91 Å². The summed E-state index contributed by atoms with van der Waals surface area (Å²) in [5, 5.41) is 9.14. The maximum absolute atomic E-state index is 12.8. The van der Waals surface area contributed by atoms with Crippen molar-refractivity contribution in [2.75, 3.05) is 23.8 Å². The average Bonchev–Trinajstić information content (AvgIpc) is 2.49. The highest BCUT2D eigenvalue weighted by Gasteiger charge is 2.31. The molecule has 0 aliphatic carbocycles. The summed E-state index contributed by atoms with van der Waals surface area (Å²) in [4.78, 5) is 25.6. The van der Waals surface area contributed by atoms with Gasteiger partial charge < -0.3 is 10.0 Å². The van der Waals surface area contributed by atoms with Crippen LogP contribution in [-0.4, -0.2) is 51.7 Å². The minimum atomic E-state index is -0.943. The summed E-state index contributed by atoms with van der Waals surface area (Å²) < 4.78 is 12.8. The molecule has 1 unspecified atom stereocenters. The molecular formula is C14H16FNO3S2. The Morgan fingerprint density at radius 2 is 2.10 bits per heavy atom. The third-order valence-electron chi connectivity index (χ3n) is 3.13. The summed E-state index contributed by atoms with van der Waals surface area (Å²) in [6, 6.07) is 5.38. The number of rotatable bonds is 5. The lowest BCUT2D eigenvalue weighted by Crippen LogP contribution is -2.50. The lowest BCUT2D eigenvalue weighted by molar-refractivity contribution is -0.149. The molecule has 4 nitrogen and oxygen atoms in total. The zero-order valence-corrected chi connectivity index (χ0v) is 13.0. The van der Waals surface area contributed by atoms with Gasteiger partial charge in [-0.25, -0.2) is 9.18 Å². The molecule has 1 aromatic rings. The van der Waals surface area contributed by atoms with E-state index in [1.807, 2.05) is 0 Å². The molecule has 1 aliphatic heterocycles. The van der Waals surface area contributed by atoms with Crippen molar-refractivity contribution in [2.24, 2.45) is 0 Å². The minimum absolute atomic E-state index is 0.127. The second-order valence-corrected chi connectivity index (χ2v) is 6.89. The summed E-state index contributed by atoms with van der Waals surface area (Å²) in [6.07, 6.45) is 0.288. The van der Waals surface area contributed by atoms with Crippen molar-refractivity contribution >= 4 is 35.4 Å². The Kier molecular flexibility index (Phi) is 5.93. The number of halogens is 1. The SMILES string of the molecule is O=C(O)C1CSCCN1C(=O)CCSc1ccc(F)cc1. The first-order chi connectivity index (χ1) is 10.1. The van der Waals surface area contributed by atoms with E-state index < -0.39 is 12.0 Å². The quantitative estimate of drug-likeness (QED) is 0.840. The van der Waals surface area contributed by atoms with Crippen LogP contribution < -0.4 is 0 Å². The van der Waals surface area contributed by atoms with Crippen LogP contribution in [0.5, 0.6) is 0 Å². The molecular weight excluding hydrogens is 313 g/mol. The van der Waals surface area contributed by atoms with Crippen LogP contribution in [0.1, 0.15) is 6.42 Å². The fourth-order valence-electron chi connectivity index (χ4n) is 2.04. The number of aliphatic carboxylic acids is 1. The maximum Gasteiger partial charge on any atom is 0.327 e. The molecule has 0 radical (unpaired) electrons. The Labute approximate surface area is 131 Å². The first kappa shape index (κ1) is 16.2. The monoisotopic (exact) mass is 329 g/mol. The highest BCUT2D eigenvalue weighted by Crippen LogP contribution is 2.21. The minimum Gasteiger partial charge on any atom is -0.480 e. The van der Waals surface area contributed by atoms with E-state index in [9.17, 15) is 14.0 Å². The Hall–Kier alpha value is -1.21. The van der Waals surface area contributed by atoms with E-state index in [1.165, 1.54) is 28.8 Å². The summed E-state index contributed by atoms with van der Waals surface area (Å²) in [5.41, 5.74) is 0. The van der Waals surface area contributed by atoms with Gasteiger partial charge in [0, 0.05) is 35.1 Å². The van der Waals surface area contributed by atoms with Crippen molar-refractivity contribution in [3.8, 4) is 0 Å². The van der Waals surface area contributed by atoms with Crippen molar-refractivity contribution in [2.45, 2.75) is 17.4 Å². The lowest BCUT2D eigenvalue weighted by Gasteiger charge is -2.32. The molecule has 21 heavy (non-hydrogen) atoms. The van der Waals surface area contributed by atoms with Crippen LogP contribution in [0.4, 0.5) is 4.39 Å². The molecule has 0 saturated carbocycles. The third kappa shape index (κ3) is 4.64. The lowest BCUT2D eigenvalue weighted by atomic mass is 10.2. The van der Waals surface area contributed by atoms with E-state index in [-0.39, 0.29) is 18.1 Å². The van der Waals surface area contributed by atoms with Gasteiger partial charge in [0.1, 0.15) is 11.9 Å². The number of hydrogen-bond acceptors (Lipinski definition) is 4. The molecule has 0 spiro atoms. The molecule has 7 heteroatoms. The fourth-order valence-corrected chi connectivity index (χ4v) is 3.92. The molecule has 1 heterocycles. The van der Waals surface area contributed by atoms with Crippen molar-refractivity contribution in [3.05, 3.63) is 30.1 Å². The van der Waals surface area contributed by atoms with E-state index >= 15 is 0 Å². The third-order valence-corrected chi connectivity index (χ3v) is 5.17. The number of carbonyl (C=O) groups excluding carboxylic acids is 1. The Balaban J connectivity index is 1.83. The number of amides is 1. The van der Waals surface area contributed by atoms with Gasteiger partial charge in [-0.05, 0) is 24.3 Å². The molecule has 0 aromatic heterocycles. The predicted octanol–water partition coefficient (Wildman–Crippen LogP) is 2.34. The largest absolute Gasteiger partial charge is 0.480 e. The molecule has 1 amide bonds. The van der Waals surface area contributed by atoms with E-state index in [1.54, 1.807) is 23.9 Å². The molecule has 1 aliphatic rings. The molecule has 1 aromatic carbocycles. The first-order valence-electron chi connectivity index (χ1n) is 6.56. The smallest absolute Gasteiger partial charge is 0.327 e. The predicted molar refractivity (Wildman–Crippen MR) is 82.2 cm³/mol. The number of hydrogen-bond donors (Lipinski definition) is 1. The van der Waals surface area contributed by atoms with Crippen LogP contribution >= 0.6 is 23.5 Å². The number of carboxylic acids is 1. The van der Waals surface area contributed by atoms with Gasteiger partial charge in [-0.1, -0.05) is 0 Å². The number of thioether (sulfide) groups is 2. The second-order valence-electron chi connectivity index (χ2n) is 4.57. The van der Waals surface area contributed by atoms with Gasteiger partial charge in [-0.15, -0.1) is 11.8 Å². The molecule has 2 rings (SSSR count). The Morgan fingerprint density at radius 1 is 1.38 bits per heavy atom. The summed E-state index contributed by atoms with van der Waals surface area (Å²) >= 11 is 3.02. The van der Waals surface area contributed by atoms with Crippen molar-refractivity contribution in [1.82, 2.24) is 4.90 Å². The molecule has 114 valence electrons. The molecule has 1 N–H and O–H groups in total. The van der Waals surface area contributed by atoms with E-state index in [0.29, 0.717) is 18.1 Å². The van der Waals surface area contributed by atoms with Gasteiger partial charge in [-0.3, -0.25) is 4.79 Å². The highest BCUT2D eigenvalue weighted by atomic mass is 32.2. The van der Waals surface area contributed by atoms with E-state index in [2.05, 4.69) is 0 Å². The number of benzene rings is 1. The van der Waals surface area contributed by atoms with Gasteiger partial charge >= 0.3 is 5.97 Å². The van der Waals surface area contributed by atoms with Crippen LogP contribution in [0.25, 0.3) is 0 Å². The van der Waals surface area contributed by atoms with Crippen LogP contribution in [0, 0.1) is 5.82 Å². The normalized spacial score (nSPS) is 18.5. The highest BCUT2D eigenvalue weighted by molar-refractivity contribution is 7.99. The Morgan fingerprint density at radius 3 is 2.76 bits per heavy atom. The van der Waals surface area contributed by atoms with Crippen LogP contribution in [-0.2, 0) is 9.59 Å². The molecule has 1 saturated heterocycles. The topological polar surface area (TPSA) is 57.6 Å². The average molecular weight is 329 g/mol. The molecule has 1 atom stereocenters. The first-order valence-corrected chi connectivity index (χ1v) is 8.70. The number of nitrogens with zero attached hydrogens (tertiary/aromatic N) is 1. The maximum atomic E-state index is 12.8. The Bertz CT molecular complexity index is 509. The zero-order chi connectivity index (χ0) is 15.2. The summed E-state index contributed by atoms with van der Waals surface area (Å²) in [7, 11) is 0. The zero-order valence-electron chi connectivity index (χ0n) is 11.3. The van der Waals surface area contributed by atoms with Gasteiger partial charge in [-0.2, -0.15) is 11.8 Å². The van der Waals surface area contributed by atoms with Crippen molar-refractivity contribution < 1.29 is 19.1 Å². The van der Waals surface area contributed by atoms with Crippen LogP contribution in [0.3, 0.4) is 0 Å². The summed E-state index contributed by atoms with van der Waals surface area (Å²) in [5.74, 6) is 0.428. The van der Waals surface area contributed by atoms with E-state index in [4.69, 9.17) is 5.11 Å². The van der Waals surface area contributed by atoms with Crippen LogP contribution in [0.2, 0.25) is 0 Å². The van der Waals surface area contributed by atoms with Gasteiger partial charge in [0.15, 0.2) is 0 Å². The number of carboxylic acid groups (broad SMARTS) is 1. The second kappa shape index (κ2) is 7.70. The molecule has 0 bridgehead atoms. The van der Waals surface area contributed by atoms with E-state index in [0.717, 1.165) is 10.6 Å². The van der Waals surface area contributed by atoms with Crippen LogP contribution in [0.15, 0.2) is 29.2 Å². The molecule has 1 fully saturated rings. The number of carbonyl (C=O) groups is 2. The van der Waals surface area contributed by atoms with Gasteiger partial charge in [0.25, 0.3) is 0 Å². The van der Waals surface area contributed by atoms with Crippen molar-refractivity contribution in [1.29, 1.82) is 0 Å². The van der Waals surface area contributed by atoms with Crippen molar-refractivity contribution in [3.63, 3.8) is 0 Å². The fraction of sp³-hybridized carbons (Fsp3) is 0.429.